The van der Waals surface area contributed by atoms with Crippen LogP contribution in [0, 0.1) is 5.82 Å². The van der Waals surface area contributed by atoms with Gasteiger partial charge < -0.3 is 10.1 Å². The van der Waals surface area contributed by atoms with E-state index in [-0.39, 0.29) is 17.8 Å². The van der Waals surface area contributed by atoms with Crippen LogP contribution in [0.15, 0.2) is 78.8 Å². The largest absolute Gasteiger partial charge is 0.494 e. The van der Waals surface area contributed by atoms with Gasteiger partial charge in [-0.15, -0.1) is 0 Å². The Bertz CT molecular complexity index is 1140. The van der Waals surface area contributed by atoms with Crippen LogP contribution in [-0.2, 0) is 16.1 Å². The number of anilines is 1. The SMILES string of the molecule is CCOc1cccc(NC2=C(c3ccc(F)cc3)C(=O)N(Cc3ccncc3)C2=O)c1. The molecular weight excluding hydrogens is 397 g/mol. The van der Waals surface area contributed by atoms with Crippen molar-refractivity contribution < 1.29 is 18.7 Å². The summed E-state index contributed by atoms with van der Waals surface area (Å²) >= 11 is 0. The minimum Gasteiger partial charge on any atom is -0.494 e. The lowest BCUT2D eigenvalue weighted by atomic mass is 10.0. The first-order valence-corrected chi connectivity index (χ1v) is 9.82. The van der Waals surface area contributed by atoms with Gasteiger partial charge in [-0.1, -0.05) is 18.2 Å². The summed E-state index contributed by atoms with van der Waals surface area (Å²) in [6.45, 7) is 2.49. The third-order valence-corrected chi connectivity index (χ3v) is 4.81. The Hall–Kier alpha value is -4.00. The number of imide groups is 1. The normalized spacial score (nSPS) is 13.7. The third kappa shape index (κ3) is 4.30. The first kappa shape index (κ1) is 20.3. The third-order valence-electron chi connectivity index (χ3n) is 4.81. The molecule has 31 heavy (non-hydrogen) atoms. The van der Waals surface area contributed by atoms with Crippen molar-refractivity contribution in [1.29, 1.82) is 0 Å². The van der Waals surface area contributed by atoms with Crippen LogP contribution in [0.1, 0.15) is 18.1 Å². The van der Waals surface area contributed by atoms with Gasteiger partial charge in [-0.05, 0) is 54.4 Å². The Kier molecular flexibility index (Phi) is 5.75. The fourth-order valence-corrected chi connectivity index (χ4v) is 3.37. The second kappa shape index (κ2) is 8.79. The fourth-order valence-electron chi connectivity index (χ4n) is 3.37. The lowest BCUT2D eigenvalue weighted by Crippen LogP contribution is -2.32. The number of benzene rings is 2. The molecule has 1 aromatic heterocycles. The average molecular weight is 417 g/mol. The molecule has 2 aromatic carbocycles. The lowest BCUT2D eigenvalue weighted by Gasteiger charge is -2.15. The van der Waals surface area contributed by atoms with Gasteiger partial charge in [0.2, 0.25) is 0 Å². The summed E-state index contributed by atoms with van der Waals surface area (Å²) in [5.41, 5.74) is 2.17. The standard InChI is InChI=1S/C24H20FN3O3/c1-2-31-20-5-3-4-19(14-20)27-22-21(17-6-8-18(25)9-7-17)23(29)28(24(22)30)15-16-10-12-26-13-11-16/h3-14,27H,2,15H2,1H3. The highest BCUT2D eigenvalue weighted by atomic mass is 19.1. The number of hydrogen-bond donors (Lipinski definition) is 1. The van der Waals surface area contributed by atoms with Crippen LogP contribution in [0.4, 0.5) is 10.1 Å². The summed E-state index contributed by atoms with van der Waals surface area (Å²) in [6.07, 6.45) is 3.21. The molecule has 0 fully saturated rings. The molecule has 1 aliphatic rings. The predicted octanol–water partition coefficient (Wildman–Crippen LogP) is 4.01. The van der Waals surface area contributed by atoms with Crippen molar-refractivity contribution in [1.82, 2.24) is 9.88 Å². The molecule has 0 saturated heterocycles. The average Bonchev–Trinajstić information content (AvgIpc) is 3.00. The van der Waals surface area contributed by atoms with Gasteiger partial charge in [0.25, 0.3) is 11.8 Å². The number of halogens is 1. The highest BCUT2D eigenvalue weighted by Gasteiger charge is 2.39. The number of carbonyl (C=O) groups is 2. The van der Waals surface area contributed by atoms with E-state index < -0.39 is 17.6 Å². The summed E-state index contributed by atoms with van der Waals surface area (Å²) in [5, 5.41) is 3.08. The minimum atomic E-state index is -0.456. The van der Waals surface area contributed by atoms with Crippen LogP contribution < -0.4 is 10.1 Å². The number of pyridine rings is 1. The Labute approximate surface area is 179 Å². The van der Waals surface area contributed by atoms with Gasteiger partial charge in [0.05, 0.1) is 18.7 Å². The summed E-state index contributed by atoms with van der Waals surface area (Å²) in [7, 11) is 0. The van der Waals surface area contributed by atoms with E-state index in [0.717, 1.165) is 5.56 Å². The zero-order valence-corrected chi connectivity index (χ0v) is 16.8. The zero-order chi connectivity index (χ0) is 21.8. The zero-order valence-electron chi connectivity index (χ0n) is 16.8. The first-order valence-electron chi connectivity index (χ1n) is 9.82. The Balaban J connectivity index is 1.72. The van der Waals surface area contributed by atoms with E-state index in [1.165, 1.54) is 29.2 Å². The van der Waals surface area contributed by atoms with E-state index in [0.29, 0.717) is 23.6 Å². The Morgan fingerprint density at radius 3 is 2.45 bits per heavy atom. The van der Waals surface area contributed by atoms with Gasteiger partial charge in [0.1, 0.15) is 17.3 Å². The van der Waals surface area contributed by atoms with Crippen molar-refractivity contribution in [2.45, 2.75) is 13.5 Å². The van der Waals surface area contributed by atoms with E-state index in [1.54, 1.807) is 48.8 Å². The summed E-state index contributed by atoms with van der Waals surface area (Å²) in [6, 6.07) is 16.1. The molecule has 0 bridgehead atoms. The summed E-state index contributed by atoms with van der Waals surface area (Å²) in [5.74, 6) is -0.685. The molecule has 7 heteroatoms. The van der Waals surface area contributed by atoms with Crippen LogP contribution in [0.3, 0.4) is 0 Å². The predicted molar refractivity (Wildman–Crippen MR) is 114 cm³/mol. The maximum Gasteiger partial charge on any atom is 0.278 e. The number of nitrogens with one attached hydrogen (secondary N) is 1. The smallest absolute Gasteiger partial charge is 0.278 e. The highest BCUT2D eigenvalue weighted by molar-refractivity contribution is 6.36. The number of aromatic nitrogens is 1. The van der Waals surface area contributed by atoms with Crippen LogP contribution in [0.25, 0.3) is 5.57 Å². The quantitative estimate of drug-likeness (QED) is 0.588. The molecule has 3 aromatic rings. The van der Waals surface area contributed by atoms with E-state index >= 15 is 0 Å². The van der Waals surface area contributed by atoms with Crippen LogP contribution in [0.2, 0.25) is 0 Å². The van der Waals surface area contributed by atoms with Crippen molar-refractivity contribution in [2.24, 2.45) is 0 Å². The molecule has 0 unspecified atom stereocenters. The molecule has 2 heterocycles. The van der Waals surface area contributed by atoms with Crippen molar-refractivity contribution in [2.75, 3.05) is 11.9 Å². The number of hydrogen-bond acceptors (Lipinski definition) is 5. The molecule has 1 aliphatic heterocycles. The van der Waals surface area contributed by atoms with Gasteiger partial charge in [-0.2, -0.15) is 0 Å². The minimum absolute atomic E-state index is 0.106. The lowest BCUT2D eigenvalue weighted by molar-refractivity contribution is -0.137. The second-order valence-corrected chi connectivity index (χ2v) is 6.89. The Morgan fingerprint density at radius 2 is 1.74 bits per heavy atom. The molecule has 0 radical (unpaired) electrons. The molecule has 6 nitrogen and oxygen atoms in total. The highest BCUT2D eigenvalue weighted by Crippen LogP contribution is 2.32. The topological polar surface area (TPSA) is 71.5 Å². The maximum atomic E-state index is 13.5. The molecule has 0 spiro atoms. The van der Waals surface area contributed by atoms with Crippen molar-refractivity contribution in [3.63, 3.8) is 0 Å². The number of nitrogens with zero attached hydrogens (tertiary/aromatic N) is 2. The molecule has 156 valence electrons. The van der Waals surface area contributed by atoms with E-state index in [1.807, 2.05) is 6.92 Å². The van der Waals surface area contributed by atoms with Crippen LogP contribution in [-0.4, -0.2) is 28.3 Å². The molecule has 4 rings (SSSR count). The van der Waals surface area contributed by atoms with Gasteiger partial charge in [-0.3, -0.25) is 19.5 Å². The first-order chi connectivity index (χ1) is 15.1. The van der Waals surface area contributed by atoms with Gasteiger partial charge >= 0.3 is 0 Å². The molecule has 0 saturated carbocycles. The van der Waals surface area contributed by atoms with E-state index in [4.69, 9.17) is 4.74 Å². The second-order valence-electron chi connectivity index (χ2n) is 6.89. The number of carbonyl (C=O) groups excluding carboxylic acids is 2. The molecule has 2 amide bonds. The number of rotatable bonds is 7. The molecule has 1 N–H and O–H groups in total. The van der Waals surface area contributed by atoms with Crippen molar-refractivity contribution >= 4 is 23.1 Å². The van der Waals surface area contributed by atoms with Gasteiger partial charge in [-0.25, -0.2) is 4.39 Å². The molecule has 0 aliphatic carbocycles. The van der Waals surface area contributed by atoms with Crippen molar-refractivity contribution in [3.05, 3.63) is 95.7 Å². The van der Waals surface area contributed by atoms with Crippen LogP contribution >= 0.6 is 0 Å². The Morgan fingerprint density at radius 1 is 1.00 bits per heavy atom. The van der Waals surface area contributed by atoms with Gasteiger partial charge in [0.15, 0.2) is 0 Å². The molecular formula is C24H20FN3O3. The fraction of sp³-hybridized carbons (Fsp3) is 0.125. The van der Waals surface area contributed by atoms with Gasteiger partial charge in [0, 0.05) is 24.1 Å². The number of ether oxygens (including phenoxy) is 1. The summed E-state index contributed by atoms with van der Waals surface area (Å²) in [4.78, 5) is 31.6. The maximum absolute atomic E-state index is 13.5. The summed E-state index contributed by atoms with van der Waals surface area (Å²) < 4.78 is 19.0. The van der Waals surface area contributed by atoms with Crippen LogP contribution in [0.5, 0.6) is 5.75 Å². The van der Waals surface area contributed by atoms with E-state index in [2.05, 4.69) is 10.3 Å². The molecule has 0 atom stereocenters. The monoisotopic (exact) mass is 417 g/mol. The number of amides is 2. The van der Waals surface area contributed by atoms with E-state index in [9.17, 15) is 14.0 Å². The van der Waals surface area contributed by atoms with Crippen molar-refractivity contribution in [3.8, 4) is 5.75 Å².